The molecule has 0 bridgehead atoms. The lowest BCUT2D eigenvalue weighted by Crippen LogP contribution is -2.37. The molecule has 2 unspecified atom stereocenters. The number of hydrogen-bond acceptors (Lipinski definition) is 25. The molecule has 0 saturated heterocycles. The summed E-state index contributed by atoms with van der Waals surface area (Å²) in [4.78, 5) is 30.9. The fourth-order valence-electron chi connectivity index (χ4n) is 12.5. The van der Waals surface area contributed by atoms with Crippen molar-refractivity contribution < 1.29 is 61.1 Å². The van der Waals surface area contributed by atoms with Gasteiger partial charge in [0.05, 0.1) is 117 Å². The predicted molar refractivity (Wildman–Crippen MR) is 375 cm³/mol. The van der Waals surface area contributed by atoms with E-state index in [0.717, 1.165) is 92.0 Å². The number of nitrogens with zero attached hydrogens (tertiary/aromatic N) is 21. The monoisotopic (exact) mass is 1550 g/mol. The molecule has 12 heterocycles. The van der Waals surface area contributed by atoms with Gasteiger partial charge in [-0.05, 0) is 99.1 Å². The minimum Gasteiger partial charge on any atom is -0.372 e. The molecular weight excluding hydrogens is 1480 g/mol. The molecule has 2 aliphatic heterocycles. The highest BCUT2D eigenvalue weighted by Crippen LogP contribution is 2.48. The summed E-state index contributed by atoms with van der Waals surface area (Å²) >= 11 is 0. The zero-order chi connectivity index (χ0) is 78.7. The maximum absolute atomic E-state index is 13.1. The predicted octanol–water partition coefficient (Wildman–Crippen LogP) is 12.8. The van der Waals surface area contributed by atoms with E-state index in [2.05, 4.69) is 119 Å². The van der Waals surface area contributed by atoms with Gasteiger partial charge in [-0.15, -0.1) is 0 Å². The SMILES string of the molecule is CCNc1nc(Nc2cn(C3CCn4nccc43)nc2C)ncc1C(F)(F)F.CCNc1nc(Nc2cnn(C3CC(S(C)(=O)=O)C3)c2C)ncc1C(F)(F)F.CCNc1nc(Nc2cnn(C3CCn4nccc43)c2C)ncc1C(F)(F)F.CNc1nc(Nc2cnn(C3(CC#N)CC3)c2C)ncc1C(F)(F)F. The van der Waals surface area contributed by atoms with Crippen molar-refractivity contribution >= 4 is 79.7 Å². The molecule has 4 aliphatic rings. The molecule has 8 N–H and O–H groups in total. The Morgan fingerprint density at radius 1 is 0.532 bits per heavy atom. The van der Waals surface area contributed by atoms with Crippen LogP contribution in [0.3, 0.4) is 0 Å². The maximum Gasteiger partial charge on any atom is 0.421 e. The first-order chi connectivity index (χ1) is 51.6. The Bertz CT molecular complexity index is 4950. The minimum absolute atomic E-state index is 0.00854. The van der Waals surface area contributed by atoms with E-state index in [1.165, 1.54) is 19.5 Å². The first-order valence-corrected chi connectivity index (χ1v) is 36.0. The van der Waals surface area contributed by atoms with Crippen LogP contribution in [-0.4, -0.2) is 145 Å². The second-order valence-electron chi connectivity index (χ2n) is 25.7. The van der Waals surface area contributed by atoms with Crippen LogP contribution in [0.2, 0.25) is 0 Å². The van der Waals surface area contributed by atoms with E-state index < -0.39 is 56.8 Å². The normalized spacial score (nSPS) is 17.0. The van der Waals surface area contributed by atoms with Crippen LogP contribution < -0.4 is 42.5 Å². The molecule has 0 spiro atoms. The fourth-order valence-corrected chi connectivity index (χ4v) is 13.6. The summed E-state index contributed by atoms with van der Waals surface area (Å²) in [5.41, 5.74) is 3.69. The number of halogens is 12. The van der Waals surface area contributed by atoms with Crippen molar-refractivity contribution in [3.05, 3.63) is 131 Å². The van der Waals surface area contributed by atoms with Crippen molar-refractivity contribution in [3.8, 4) is 6.07 Å². The number of aryl methyl sites for hydroxylation is 3. The molecule has 2 aliphatic carbocycles. The number of aromatic nitrogens is 20. The van der Waals surface area contributed by atoms with Gasteiger partial charge in [0, 0.05) is 89.4 Å². The van der Waals surface area contributed by atoms with E-state index in [-0.39, 0.29) is 82.5 Å². The summed E-state index contributed by atoms with van der Waals surface area (Å²) in [6.07, 6.45) is 1.02. The van der Waals surface area contributed by atoms with E-state index in [0.29, 0.717) is 60.8 Å². The highest BCUT2D eigenvalue weighted by molar-refractivity contribution is 7.91. The van der Waals surface area contributed by atoms with Crippen molar-refractivity contribution in [2.24, 2.45) is 0 Å². The molecule has 10 aromatic heterocycles. The van der Waals surface area contributed by atoms with E-state index in [1.54, 1.807) is 61.8 Å². The van der Waals surface area contributed by atoms with Gasteiger partial charge in [0.25, 0.3) is 0 Å². The second-order valence-corrected chi connectivity index (χ2v) is 28.0. The lowest BCUT2D eigenvalue weighted by molar-refractivity contribution is -0.138. The number of rotatable bonds is 21. The summed E-state index contributed by atoms with van der Waals surface area (Å²) in [6.45, 7) is 15.0. The molecule has 0 aromatic carbocycles. The molecule has 2 atom stereocenters. The molecule has 14 rings (SSSR count). The first kappa shape index (κ1) is 78.6. The summed E-state index contributed by atoms with van der Waals surface area (Å²) in [6, 6.07) is 6.22. The molecule has 109 heavy (non-hydrogen) atoms. The van der Waals surface area contributed by atoms with Crippen LogP contribution in [-0.2, 0) is 53.2 Å². The Morgan fingerprint density at radius 3 is 1.35 bits per heavy atom. The maximum atomic E-state index is 13.1. The molecule has 44 heteroatoms. The summed E-state index contributed by atoms with van der Waals surface area (Å²) in [7, 11) is -1.70. The average Bonchev–Trinajstić information content (AvgIpc) is 1.61. The van der Waals surface area contributed by atoms with Gasteiger partial charge in [-0.1, -0.05) is 0 Å². The molecule has 0 amide bonds. The average molecular weight is 1550 g/mol. The van der Waals surface area contributed by atoms with Crippen LogP contribution in [0, 0.1) is 39.0 Å². The summed E-state index contributed by atoms with van der Waals surface area (Å²) in [5, 5.41) is 56.8. The molecule has 2 saturated carbocycles. The molecule has 10 aromatic rings. The Morgan fingerprint density at radius 2 is 0.927 bits per heavy atom. The minimum atomic E-state index is -4.56. The van der Waals surface area contributed by atoms with Crippen LogP contribution in [0.25, 0.3) is 0 Å². The van der Waals surface area contributed by atoms with Crippen LogP contribution in [0.5, 0.6) is 0 Å². The molecule has 31 nitrogen and oxygen atoms in total. The highest BCUT2D eigenvalue weighted by Gasteiger charge is 2.47. The van der Waals surface area contributed by atoms with Crippen molar-refractivity contribution in [2.75, 3.05) is 75.5 Å². The number of fused-ring (bicyclic) bond motifs is 2. The lowest BCUT2D eigenvalue weighted by Gasteiger charge is -2.34. The smallest absolute Gasteiger partial charge is 0.372 e. The Kier molecular flexibility index (Phi) is 22.7. The van der Waals surface area contributed by atoms with E-state index in [9.17, 15) is 61.1 Å². The number of nitrogens with one attached hydrogen (secondary N) is 8. The van der Waals surface area contributed by atoms with Crippen LogP contribution in [0.4, 0.5) is 122 Å². The molecular formula is C65H75F12N29O2S. The number of nitriles is 1. The standard InChI is InChI=1S/2C17H19F3N8.C16H21F3N6O2S.C15H16F3N7/c1-3-21-15-11(17(18,19)20)8-22-16(25-15)24-12-9-28(26-10(12)2)14-5-7-27-13(14)4-6-23-27;1-3-21-15-11(17(18,19)20)8-22-16(26-15)25-12-9-24-28(10(12)2)14-5-7-27-13(14)4-6-23-27;1-4-20-14-12(16(17,18)19)7-21-15(24-14)23-13-8-22-25(9(13)2)10-5-11(6-10)28(3,26)27;1-9-11(8-22-25(9)14(3-4-14)5-6-19)23-13-21-7-10(15(16,17)18)12(20-2)24-13/h4,6,8-9,14H,3,5,7H2,1-2H3,(H2,21,22,24,25);4,6,8-9,14H,3,5,7H2,1-2H3,(H2,21,22,25,26);7-8,10-11H,4-6H2,1-3H3,(H2,20,21,23,24);7-8H,3-5H2,1-2H3,(H2,20,21,23,24). The third-order valence-electron chi connectivity index (χ3n) is 18.4. The van der Waals surface area contributed by atoms with Crippen molar-refractivity contribution in [2.45, 2.75) is 160 Å². The van der Waals surface area contributed by atoms with Gasteiger partial charge >= 0.3 is 24.7 Å². The number of alkyl halides is 12. The summed E-state index contributed by atoms with van der Waals surface area (Å²) in [5.74, 6) is -0.925. The van der Waals surface area contributed by atoms with Gasteiger partial charge in [-0.3, -0.25) is 28.1 Å². The second kappa shape index (κ2) is 31.4. The van der Waals surface area contributed by atoms with E-state index >= 15 is 0 Å². The van der Waals surface area contributed by atoms with E-state index in [1.807, 2.05) is 57.8 Å². The van der Waals surface area contributed by atoms with Gasteiger partial charge < -0.3 is 42.5 Å². The van der Waals surface area contributed by atoms with Crippen molar-refractivity contribution in [3.63, 3.8) is 0 Å². The zero-order valence-corrected chi connectivity index (χ0v) is 60.7. The van der Waals surface area contributed by atoms with Crippen LogP contribution >= 0.6 is 0 Å². The van der Waals surface area contributed by atoms with Crippen LogP contribution in [0.15, 0.2) is 74.1 Å². The lowest BCUT2D eigenvalue weighted by atomic mass is 9.92. The first-order valence-electron chi connectivity index (χ1n) is 34.1. The largest absolute Gasteiger partial charge is 0.421 e. The fraction of sp³-hybridized carbons (Fsp3) is 0.462. The number of sulfone groups is 1. The Labute approximate surface area is 614 Å². The Hall–Kier alpha value is -11.4. The van der Waals surface area contributed by atoms with Gasteiger partial charge in [0.2, 0.25) is 23.8 Å². The third kappa shape index (κ3) is 17.6. The molecule has 582 valence electrons. The quantitative estimate of drug-likeness (QED) is 0.0310. The number of hydrogen-bond donors (Lipinski definition) is 8. The van der Waals surface area contributed by atoms with Gasteiger partial charge in [-0.2, -0.15) is 108 Å². The van der Waals surface area contributed by atoms with E-state index in [4.69, 9.17) is 5.26 Å². The number of anilines is 12. The van der Waals surface area contributed by atoms with Crippen molar-refractivity contribution in [1.82, 2.24) is 98.6 Å². The van der Waals surface area contributed by atoms with Crippen molar-refractivity contribution in [1.29, 1.82) is 5.26 Å². The van der Waals surface area contributed by atoms with Gasteiger partial charge in [0.15, 0.2) is 0 Å². The third-order valence-corrected chi connectivity index (χ3v) is 20.0. The topological polar surface area (TPSA) is 364 Å². The zero-order valence-electron chi connectivity index (χ0n) is 59.9. The highest BCUT2D eigenvalue weighted by atomic mass is 32.2. The van der Waals surface area contributed by atoms with Gasteiger partial charge in [0.1, 0.15) is 55.4 Å². The summed E-state index contributed by atoms with van der Waals surface area (Å²) < 4.78 is 191. The molecule has 2 fully saturated rings. The van der Waals surface area contributed by atoms with Crippen LogP contribution in [0.1, 0.15) is 140 Å². The van der Waals surface area contributed by atoms with Gasteiger partial charge in [-0.25, -0.2) is 28.4 Å². The Balaban J connectivity index is 0.000000145. The molecule has 0 radical (unpaired) electrons.